The molecule has 0 saturated carbocycles. The first-order chi connectivity index (χ1) is 11.4. The van der Waals surface area contributed by atoms with E-state index in [2.05, 4.69) is 0 Å². The second kappa shape index (κ2) is 6.38. The van der Waals surface area contributed by atoms with Gasteiger partial charge in [0.15, 0.2) is 11.5 Å². The number of aromatic hydroxyl groups is 1. The topological polar surface area (TPSA) is 150 Å². The van der Waals surface area contributed by atoms with Crippen LogP contribution in [-0.4, -0.2) is 62.8 Å². The fourth-order valence-corrected chi connectivity index (χ4v) is 2.47. The molecule has 1 aromatic heterocycles. The Morgan fingerprint density at radius 3 is 2.54 bits per heavy atom. The molecule has 0 bridgehead atoms. The van der Waals surface area contributed by atoms with Gasteiger partial charge in [-0.1, -0.05) is 0 Å². The second-order valence-electron chi connectivity index (χ2n) is 5.43. The van der Waals surface area contributed by atoms with Gasteiger partial charge in [-0.15, -0.1) is 0 Å². The summed E-state index contributed by atoms with van der Waals surface area (Å²) < 4.78 is 15.5. The predicted octanol–water partition coefficient (Wildman–Crippen LogP) is -1.32. The first-order valence-corrected chi connectivity index (χ1v) is 7.15. The predicted molar refractivity (Wildman–Crippen MR) is 78.5 cm³/mol. The molecule has 0 radical (unpaired) electrons. The summed E-state index contributed by atoms with van der Waals surface area (Å²) in [7, 11) is 0. The molecule has 2 unspecified atom stereocenters. The van der Waals surface area contributed by atoms with Crippen molar-refractivity contribution >= 4 is 11.0 Å². The fraction of sp³-hybridized carbons (Fsp3) is 0.400. The highest BCUT2D eigenvalue weighted by molar-refractivity contribution is 5.80. The summed E-state index contributed by atoms with van der Waals surface area (Å²) in [6, 6.07) is 5.17. The number of aliphatic hydroxyl groups excluding tert-OH is 4. The van der Waals surface area contributed by atoms with Crippen molar-refractivity contribution in [2.75, 3.05) is 6.61 Å². The van der Waals surface area contributed by atoms with Gasteiger partial charge < -0.3 is 39.4 Å². The first kappa shape index (κ1) is 16.7. The summed E-state index contributed by atoms with van der Waals surface area (Å²) in [6.45, 7) is -0.598. The largest absolute Gasteiger partial charge is 0.504 e. The van der Waals surface area contributed by atoms with Crippen LogP contribution in [0, 0.1) is 0 Å². The third kappa shape index (κ3) is 2.95. The fourth-order valence-electron chi connectivity index (χ4n) is 2.47. The van der Waals surface area contributed by atoms with Crippen LogP contribution in [0.4, 0.5) is 0 Å². The van der Waals surface area contributed by atoms with Gasteiger partial charge in [0.1, 0.15) is 30.0 Å². The number of phenolic OH excluding ortho intramolecular Hbond substituents is 1. The lowest BCUT2D eigenvalue weighted by atomic mass is 9.99. The van der Waals surface area contributed by atoms with Crippen LogP contribution in [0.25, 0.3) is 11.0 Å². The second-order valence-corrected chi connectivity index (χ2v) is 5.43. The summed E-state index contributed by atoms with van der Waals surface area (Å²) in [5.41, 5.74) is -0.439. The van der Waals surface area contributed by atoms with E-state index in [1.54, 1.807) is 0 Å². The third-order valence-electron chi connectivity index (χ3n) is 3.79. The summed E-state index contributed by atoms with van der Waals surface area (Å²) in [5, 5.41) is 49.0. The Morgan fingerprint density at radius 2 is 1.83 bits per heavy atom. The molecule has 3 rings (SSSR count). The molecule has 2 heterocycles. The summed E-state index contributed by atoms with van der Waals surface area (Å²) in [4.78, 5) is 11.2. The van der Waals surface area contributed by atoms with E-state index >= 15 is 0 Å². The van der Waals surface area contributed by atoms with Gasteiger partial charge in [0.25, 0.3) is 0 Å². The molecule has 24 heavy (non-hydrogen) atoms. The van der Waals surface area contributed by atoms with Gasteiger partial charge in [-0.2, -0.15) is 0 Å². The number of phenols is 1. The molecule has 5 atom stereocenters. The van der Waals surface area contributed by atoms with Crippen LogP contribution in [0.3, 0.4) is 0 Å². The number of hydrogen-bond acceptors (Lipinski definition) is 9. The highest BCUT2D eigenvalue weighted by Gasteiger charge is 2.44. The van der Waals surface area contributed by atoms with Crippen LogP contribution in [-0.2, 0) is 4.74 Å². The van der Waals surface area contributed by atoms with Crippen LogP contribution in [0.15, 0.2) is 33.5 Å². The van der Waals surface area contributed by atoms with E-state index in [4.69, 9.17) is 19.0 Å². The molecule has 1 aliphatic rings. The van der Waals surface area contributed by atoms with E-state index < -0.39 is 42.9 Å². The van der Waals surface area contributed by atoms with Crippen LogP contribution in [0.1, 0.15) is 0 Å². The van der Waals surface area contributed by atoms with Gasteiger partial charge in [0.2, 0.25) is 6.29 Å². The van der Waals surface area contributed by atoms with Gasteiger partial charge in [0, 0.05) is 17.5 Å². The third-order valence-corrected chi connectivity index (χ3v) is 3.79. The summed E-state index contributed by atoms with van der Waals surface area (Å²) in [6.07, 6.45) is -7.27. The number of rotatable bonds is 3. The maximum Gasteiger partial charge on any atom is 0.336 e. The number of ether oxygens (including phenoxy) is 2. The highest BCUT2D eigenvalue weighted by Crippen LogP contribution is 2.33. The molecule has 5 N–H and O–H groups in total. The maximum atomic E-state index is 11.2. The zero-order valence-electron chi connectivity index (χ0n) is 12.3. The molecule has 130 valence electrons. The van der Waals surface area contributed by atoms with E-state index in [9.17, 15) is 25.2 Å². The molecule has 1 aromatic carbocycles. The van der Waals surface area contributed by atoms with Crippen LogP contribution < -0.4 is 10.4 Å². The lowest BCUT2D eigenvalue weighted by Gasteiger charge is -2.39. The SMILES string of the molecule is O=c1ccc2cc(O[C@@H]3OC(CO)[C@@H](O)[C@@H](O)C3O)c(O)cc2o1. The molecule has 2 aromatic rings. The van der Waals surface area contributed by atoms with Gasteiger partial charge >= 0.3 is 5.63 Å². The van der Waals surface area contributed by atoms with Crippen molar-refractivity contribution in [3.8, 4) is 11.5 Å². The van der Waals surface area contributed by atoms with Gasteiger partial charge in [-0.3, -0.25) is 0 Å². The molecule has 1 aliphatic heterocycles. The molecular weight excluding hydrogens is 324 g/mol. The minimum Gasteiger partial charge on any atom is -0.504 e. The minimum absolute atomic E-state index is 0.0966. The van der Waals surface area contributed by atoms with E-state index in [1.165, 1.54) is 18.2 Å². The Morgan fingerprint density at radius 1 is 1.08 bits per heavy atom. The van der Waals surface area contributed by atoms with Crippen molar-refractivity contribution in [2.45, 2.75) is 30.7 Å². The van der Waals surface area contributed by atoms with Gasteiger partial charge in [0.05, 0.1) is 6.61 Å². The van der Waals surface area contributed by atoms with Crippen molar-refractivity contribution < 1.29 is 39.4 Å². The molecule has 1 fully saturated rings. The highest BCUT2D eigenvalue weighted by atomic mass is 16.7. The maximum absolute atomic E-state index is 11.2. The number of benzene rings is 1. The van der Waals surface area contributed by atoms with Gasteiger partial charge in [-0.25, -0.2) is 4.79 Å². The Balaban J connectivity index is 1.89. The Hall–Kier alpha value is -2.17. The van der Waals surface area contributed by atoms with Crippen LogP contribution in [0.5, 0.6) is 11.5 Å². The normalized spacial score (nSPS) is 30.4. The Kier molecular flexibility index (Phi) is 4.43. The van der Waals surface area contributed by atoms with Crippen molar-refractivity contribution in [3.05, 3.63) is 34.7 Å². The molecular formula is C15H16O9. The minimum atomic E-state index is -1.60. The van der Waals surface area contributed by atoms with E-state index in [-0.39, 0.29) is 17.1 Å². The standard InChI is InChI=1S/C15H16O9/c16-5-10-12(19)13(20)14(21)15(24-10)23-9-3-6-1-2-11(18)22-8(6)4-7(9)17/h1-4,10,12-17,19-21H,5H2/t10?,12-,13-,14?,15-/m1/s1. The van der Waals surface area contributed by atoms with Crippen LogP contribution in [0.2, 0.25) is 0 Å². The molecule has 0 aliphatic carbocycles. The smallest absolute Gasteiger partial charge is 0.336 e. The van der Waals surface area contributed by atoms with Crippen LogP contribution >= 0.6 is 0 Å². The average molecular weight is 340 g/mol. The van der Waals surface area contributed by atoms with Crippen molar-refractivity contribution in [2.24, 2.45) is 0 Å². The molecule has 0 spiro atoms. The van der Waals surface area contributed by atoms with E-state index in [1.807, 2.05) is 0 Å². The molecule has 1 saturated heterocycles. The lowest BCUT2D eigenvalue weighted by molar-refractivity contribution is -0.277. The zero-order chi connectivity index (χ0) is 17.4. The number of hydrogen-bond donors (Lipinski definition) is 5. The number of aliphatic hydroxyl groups is 4. The van der Waals surface area contributed by atoms with Crippen molar-refractivity contribution in [1.82, 2.24) is 0 Å². The van der Waals surface area contributed by atoms with E-state index in [0.717, 1.165) is 6.07 Å². The Labute approximate surface area is 134 Å². The van der Waals surface area contributed by atoms with Crippen molar-refractivity contribution in [3.63, 3.8) is 0 Å². The summed E-state index contributed by atoms with van der Waals surface area (Å²) >= 11 is 0. The molecule has 9 nitrogen and oxygen atoms in total. The number of fused-ring (bicyclic) bond motifs is 1. The van der Waals surface area contributed by atoms with Crippen molar-refractivity contribution in [1.29, 1.82) is 0 Å². The van der Waals surface area contributed by atoms with E-state index in [0.29, 0.717) is 5.39 Å². The van der Waals surface area contributed by atoms with Gasteiger partial charge in [-0.05, 0) is 12.1 Å². The lowest BCUT2D eigenvalue weighted by Crippen LogP contribution is -2.60. The zero-order valence-corrected chi connectivity index (χ0v) is 12.3. The molecule has 9 heteroatoms. The quantitative estimate of drug-likeness (QED) is 0.429. The summed E-state index contributed by atoms with van der Waals surface area (Å²) in [5.74, 6) is -0.477. The first-order valence-electron chi connectivity index (χ1n) is 7.15. The average Bonchev–Trinajstić information content (AvgIpc) is 2.56. The Bertz CT molecular complexity index is 784. The molecule has 0 amide bonds. The monoisotopic (exact) mass is 340 g/mol.